The van der Waals surface area contributed by atoms with Gasteiger partial charge in [-0.25, -0.2) is 15.6 Å². The maximum absolute atomic E-state index is 15.5. The van der Waals surface area contributed by atoms with Gasteiger partial charge < -0.3 is 45.3 Å². The van der Waals surface area contributed by atoms with E-state index in [1.807, 2.05) is 49.4 Å². The van der Waals surface area contributed by atoms with Crippen molar-refractivity contribution in [1.29, 1.82) is 0 Å². The van der Waals surface area contributed by atoms with Gasteiger partial charge in [0.1, 0.15) is 23.7 Å². The van der Waals surface area contributed by atoms with Crippen molar-refractivity contribution in [2.75, 3.05) is 32.9 Å². The molecule has 6 amide bonds. The average molecular weight is 1210 g/mol. The lowest BCUT2D eigenvalue weighted by Gasteiger charge is -2.41. The average Bonchev–Trinajstić information content (AvgIpc) is 1.99. The van der Waals surface area contributed by atoms with Gasteiger partial charge in [-0.05, 0) is 138 Å². The van der Waals surface area contributed by atoms with Gasteiger partial charge in [0.25, 0.3) is 23.6 Å². The number of aliphatic hydroxyl groups is 1. The Balaban J connectivity index is 1.06. The van der Waals surface area contributed by atoms with Gasteiger partial charge >= 0.3 is 11.9 Å². The highest BCUT2D eigenvalue weighted by Crippen LogP contribution is 2.41. The second-order valence-electron chi connectivity index (χ2n) is 25.4. The first kappa shape index (κ1) is 63.3. The topological polar surface area (TPSA) is 298 Å². The molecule has 10 bridgehead atoms. The van der Waals surface area contributed by atoms with Gasteiger partial charge in [0.2, 0.25) is 17.4 Å². The van der Waals surface area contributed by atoms with Crippen LogP contribution < -0.4 is 32.1 Å². The monoisotopic (exact) mass is 1210 g/mol. The van der Waals surface area contributed by atoms with Gasteiger partial charge in [-0.2, -0.15) is 0 Å². The largest absolute Gasteiger partial charge is 0.451 e. The van der Waals surface area contributed by atoms with Crippen LogP contribution in [0.4, 0.5) is 0 Å². The molecule has 23 heteroatoms. The summed E-state index contributed by atoms with van der Waals surface area (Å²) in [5.74, 6) is -6.00. The van der Waals surface area contributed by atoms with E-state index >= 15 is 9.59 Å². The number of fused-ring (bicyclic) bond motifs is 8. The smallest absolute Gasteiger partial charge is 0.345 e. The summed E-state index contributed by atoms with van der Waals surface area (Å²) in [6, 6.07) is 11.9. The Morgan fingerprint density at radius 1 is 0.648 bits per heavy atom. The van der Waals surface area contributed by atoms with Crippen molar-refractivity contribution in [1.82, 2.24) is 52.1 Å². The molecule has 2 aromatic carbocycles. The third-order valence-electron chi connectivity index (χ3n) is 17.9. The zero-order chi connectivity index (χ0) is 62.8. The SMILES string of the molecule is CC(C)[C@@H]1OC(=O)C2(/C=C/c3ccc4c(C[C@@H]5NC(=O)[C@H](C(C)C)OC(=O)C6(/C=C/c7ccc8ccc(nc8c7)[C@@H](C)NC(=O)[C@@H]7CCCN(N7)C5=O)COCCO6)cc(nc4c3)[C@@H](C)NC(=O)C3(C)CCCN(N3)C(=O)[C@H](C)NC1=O)CCC(O)CC2. The normalized spacial score (nSPS) is 31.7. The molecule has 2 aromatic heterocycles. The molecular weight excluding hydrogens is 1130 g/mol. The first-order valence-corrected chi connectivity index (χ1v) is 30.9. The number of benzene rings is 2. The number of amides is 6. The van der Waals surface area contributed by atoms with Crippen LogP contribution in [0.25, 0.3) is 34.0 Å². The number of carbonyl (C=O) groups is 8. The van der Waals surface area contributed by atoms with E-state index in [0.29, 0.717) is 83.0 Å². The lowest BCUT2D eigenvalue weighted by Crippen LogP contribution is -2.67. The number of rotatable bonds is 4. The first-order valence-electron chi connectivity index (χ1n) is 30.9. The molecule has 4 fully saturated rings. The number of carbonyl (C=O) groups excluding carboxylic acids is 8. The minimum absolute atomic E-state index is 0.0576. The first-order chi connectivity index (χ1) is 41.9. The van der Waals surface area contributed by atoms with Crippen LogP contribution in [-0.2, 0) is 63.7 Å². The summed E-state index contributed by atoms with van der Waals surface area (Å²) in [7, 11) is 0. The van der Waals surface area contributed by atoms with E-state index in [-0.39, 0.29) is 58.1 Å². The van der Waals surface area contributed by atoms with Crippen molar-refractivity contribution >= 4 is 81.3 Å². The number of esters is 2. The number of hydrazine groups is 2. The Bertz CT molecular complexity index is 3430. The Kier molecular flexibility index (Phi) is 18.8. The van der Waals surface area contributed by atoms with Crippen LogP contribution in [-0.4, -0.2) is 153 Å². The summed E-state index contributed by atoms with van der Waals surface area (Å²) in [5.41, 5.74) is 5.82. The van der Waals surface area contributed by atoms with Crippen LogP contribution in [0, 0.1) is 17.3 Å². The number of hydrogen-bond donors (Lipinski definition) is 7. The molecule has 7 heterocycles. The zero-order valence-electron chi connectivity index (χ0n) is 51.3. The van der Waals surface area contributed by atoms with Crippen molar-refractivity contribution in [3.8, 4) is 0 Å². The number of aromatic nitrogens is 2. The molecule has 10 rings (SSSR count). The van der Waals surface area contributed by atoms with Crippen molar-refractivity contribution in [3.63, 3.8) is 0 Å². The van der Waals surface area contributed by atoms with Gasteiger partial charge in [0, 0.05) is 30.3 Å². The Labute approximate surface area is 511 Å². The summed E-state index contributed by atoms with van der Waals surface area (Å²) in [5, 5.41) is 26.7. The van der Waals surface area contributed by atoms with E-state index in [2.05, 4.69) is 32.1 Å². The minimum Gasteiger partial charge on any atom is -0.451 e. The highest BCUT2D eigenvalue weighted by Gasteiger charge is 2.47. The van der Waals surface area contributed by atoms with Gasteiger partial charge in [0.05, 0.1) is 65.8 Å². The second-order valence-corrected chi connectivity index (χ2v) is 25.4. The Morgan fingerprint density at radius 3 is 2.00 bits per heavy atom. The molecule has 7 N–H and O–H groups in total. The van der Waals surface area contributed by atoms with E-state index in [4.69, 9.17) is 28.9 Å². The molecule has 2 spiro atoms. The molecule has 9 atom stereocenters. The minimum atomic E-state index is -1.76. The van der Waals surface area contributed by atoms with Gasteiger partial charge in [-0.1, -0.05) is 76.3 Å². The fraction of sp³-hybridized carbons (Fsp3) is 0.538. The summed E-state index contributed by atoms with van der Waals surface area (Å²) < 4.78 is 24.3. The lowest BCUT2D eigenvalue weighted by atomic mass is 9.72. The van der Waals surface area contributed by atoms with Gasteiger partial charge in [-0.15, -0.1) is 0 Å². The molecule has 0 radical (unpaired) electrons. The van der Waals surface area contributed by atoms with Crippen LogP contribution >= 0.6 is 0 Å². The van der Waals surface area contributed by atoms with Crippen molar-refractivity contribution in [2.24, 2.45) is 17.3 Å². The van der Waals surface area contributed by atoms with Crippen LogP contribution in [0.1, 0.15) is 147 Å². The van der Waals surface area contributed by atoms with Crippen LogP contribution in [0.15, 0.2) is 66.7 Å². The number of aliphatic hydroxyl groups excluding tert-OH is 1. The van der Waals surface area contributed by atoms with E-state index in [1.54, 1.807) is 78.0 Å². The molecule has 23 nitrogen and oxygen atoms in total. The van der Waals surface area contributed by atoms with Gasteiger partial charge in [0.15, 0.2) is 12.2 Å². The van der Waals surface area contributed by atoms with E-state index in [0.717, 1.165) is 5.39 Å². The molecule has 1 saturated carbocycles. The number of nitrogens with zero attached hydrogens (tertiary/aromatic N) is 4. The fourth-order valence-electron chi connectivity index (χ4n) is 12.4. The van der Waals surface area contributed by atoms with Crippen LogP contribution in [0.3, 0.4) is 0 Å². The van der Waals surface area contributed by atoms with Crippen LogP contribution in [0.2, 0.25) is 0 Å². The number of nitrogens with one attached hydrogen (secondary N) is 6. The van der Waals surface area contributed by atoms with Crippen molar-refractivity contribution in [3.05, 3.63) is 94.8 Å². The number of cyclic esters (lactones) is 2. The molecule has 4 aromatic rings. The molecule has 470 valence electrons. The molecule has 5 aliphatic heterocycles. The van der Waals surface area contributed by atoms with Crippen LogP contribution in [0.5, 0.6) is 0 Å². The number of ether oxygens (including phenoxy) is 4. The van der Waals surface area contributed by atoms with E-state index in [1.165, 1.54) is 16.9 Å². The Hall–Kier alpha value is -7.70. The van der Waals surface area contributed by atoms with E-state index in [9.17, 15) is 33.9 Å². The molecule has 3 saturated heterocycles. The number of hydrogen-bond acceptors (Lipinski definition) is 17. The number of pyridine rings is 2. The summed E-state index contributed by atoms with van der Waals surface area (Å²) in [4.78, 5) is 127. The quantitative estimate of drug-likeness (QED) is 0.137. The molecule has 1 aliphatic carbocycles. The second kappa shape index (κ2) is 26.2. The molecule has 88 heavy (non-hydrogen) atoms. The van der Waals surface area contributed by atoms with Gasteiger partial charge in [-0.3, -0.25) is 53.5 Å². The third-order valence-corrected chi connectivity index (χ3v) is 17.9. The molecule has 6 aliphatic rings. The predicted molar refractivity (Wildman–Crippen MR) is 324 cm³/mol. The maximum Gasteiger partial charge on any atom is 0.345 e. The highest BCUT2D eigenvalue weighted by molar-refractivity contribution is 5.95. The molecular formula is C65H82N10O13. The molecule has 2 unspecified atom stereocenters. The van der Waals surface area contributed by atoms with E-state index < -0.39 is 118 Å². The predicted octanol–water partition coefficient (Wildman–Crippen LogP) is 4.65. The maximum atomic E-state index is 15.5. The van der Waals surface area contributed by atoms with Crippen molar-refractivity contribution in [2.45, 2.75) is 173 Å². The highest BCUT2D eigenvalue weighted by atomic mass is 16.6. The lowest BCUT2D eigenvalue weighted by molar-refractivity contribution is -0.195. The summed E-state index contributed by atoms with van der Waals surface area (Å²) in [6.45, 7) is 14.2. The standard InChI is InChI=1S/C65H82N10O13/c1-36(2)53-56(78)67-40(7)58(80)75-28-10-22-63(8,73-75)60(82)68-39(6)49-33-44(46-16-13-42(32-51(46)70-49)18-23-64(61(83)87-53)24-20-45(76)21-25-64)34-52-59(81)74-27-9-11-48(72-74)55(77)66-38(5)47-17-15-43-14-12-41(31-50(43)69-47)19-26-65(35-85-29-30-86-65)62(84)88-54(37(3)4)57(79)71-52/h12-19,23,26,31-33,36-40,45,48,52-54,72-73,76H,9-11,20-22,24-25,27-30,34-35H2,1-8H3,(H,66,77)(H,67,78)(H,68,82)(H,71,79)/b23-18+,26-19+/t38-,39-,40+,45?,48+,52+,53+,54+,63?,64?,65?/m1/s1. The Morgan fingerprint density at radius 2 is 1.28 bits per heavy atom. The fourth-order valence-corrected chi connectivity index (χ4v) is 12.4. The zero-order valence-corrected chi connectivity index (χ0v) is 51.3. The summed E-state index contributed by atoms with van der Waals surface area (Å²) >= 11 is 0. The van der Waals surface area contributed by atoms with Crippen molar-refractivity contribution < 1.29 is 62.4 Å². The third kappa shape index (κ3) is 13.6. The summed E-state index contributed by atoms with van der Waals surface area (Å²) in [6.07, 6.45) is 5.86.